The summed E-state index contributed by atoms with van der Waals surface area (Å²) in [7, 11) is 6.18. The van der Waals surface area contributed by atoms with Gasteiger partial charge < -0.3 is 9.80 Å². The van der Waals surface area contributed by atoms with Crippen LogP contribution in [-0.2, 0) is 13.6 Å². The predicted octanol–water partition coefficient (Wildman–Crippen LogP) is 3.36. The van der Waals surface area contributed by atoms with Crippen LogP contribution in [0.25, 0.3) is 11.3 Å². The molecule has 0 radical (unpaired) electrons. The van der Waals surface area contributed by atoms with Crippen molar-refractivity contribution in [2.45, 2.75) is 37.8 Å². The molecule has 0 aliphatic carbocycles. The Balaban J connectivity index is 1.29. The van der Waals surface area contributed by atoms with Gasteiger partial charge in [0.1, 0.15) is 0 Å². The molecule has 7 nitrogen and oxygen atoms in total. The summed E-state index contributed by atoms with van der Waals surface area (Å²) >= 11 is 0. The van der Waals surface area contributed by atoms with Crippen LogP contribution in [0.1, 0.15) is 36.3 Å². The second-order valence-electron chi connectivity index (χ2n) is 10.2. The fourth-order valence-electron chi connectivity index (χ4n) is 5.44. The standard InChI is InChI=1S/C28H36N6O/c1-31(2)25-12-16-33(20-25)18-21-6-8-22(9-7-21)24-5-4-15-34(19-24)28-30-26(17-27(35)32(28)3)23-10-13-29-14-11-23/h6-11,13-14,17,24-25H,4-5,12,15-16,18-20H2,1-3H3/t24?,25-/m1/s1. The van der Waals surface area contributed by atoms with Gasteiger partial charge in [-0.2, -0.15) is 0 Å². The minimum atomic E-state index is -0.0355. The first-order valence-electron chi connectivity index (χ1n) is 12.7. The van der Waals surface area contributed by atoms with Crippen LogP contribution in [0.5, 0.6) is 0 Å². The normalized spacial score (nSPS) is 21.1. The highest BCUT2D eigenvalue weighted by Gasteiger charge is 2.26. The van der Waals surface area contributed by atoms with Crippen molar-refractivity contribution in [2.75, 3.05) is 45.2 Å². The Morgan fingerprint density at radius 2 is 1.77 bits per heavy atom. The van der Waals surface area contributed by atoms with Crippen molar-refractivity contribution in [3.8, 4) is 11.3 Å². The molecule has 7 heteroatoms. The van der Waals surface area contributed by atoms with Crippen LogP contribution in [0.4, 0.5) is 5.95 Å². The van der Waals surface area contributed by atoms with Crippen LogP contribution in [0.2, 0.25) is 0 Å². The number of rotatable bonds is 6. The smallest absolute Gasteiger partial charge is 0.255 e. The molecule has 2 aliphatic rings. The molecule has 3 aromatic rings. The van der Waals surface area contributed by atoms with Crippen molar-refractivity contribution in [3.63, 3.8) is 0 Å². The van der Waals surface area contributed by atoms with Gasteiger partial charge >= 0.3 is 0 Å². The Hall–Kier alpha value is -3.03. The van der Waals surface area contributed by atoms with Gasteiger partial charge in [-0.3, -0.25) is 19.2 Å². The molecule has 0 saturated carbocycles. The molecule has 35 heavy (non-hydrogen) atoms. The lowest BCUT2D eigenvalue weighted by molar-refractivity contribution is 0.264. The maximum Gasteiger partial charge on any atom is 0.255 e. The van der Waals surface area contributed by atoms with Gasteiger partial charge in [-0.25, -0.2) is 4.98 Å². The second kappa shape index (κ2) is 10.3. The van der Waals surface area contributed by atoms with Crippen LogP contribution < -0.4 is 10.5 Å². The van der Waals surface area contributed by atoms with E-state index in [9.17, 15) is 4.79 Å². The SMILES string of the molecule is CN(C)[C@@H]1CCN(Cc2ccc(C3CCCN(c4nc(-c5ccncc5)cc(=O)n4C)C3)cc2)C1. The Labute approximate surface area is 208 Å². The van der Waals surface area contributed by atoms with E-state index in [1.165, 1.54) is 24.1 Å². The Kier molecular flexibility index (Phi) is 6.97. The minimum absolute atomic E-state index is 0.0355. The molecule has 2 saturated heterocycles. The van der Waals surface area contributed by atoms with E-state index >= 15 is 0 Å². The van der Waals surface area contributed by atoms with Crippen LogP contribution in [-0.4, -0.2) is 70.7 Å². The van der Waals surface area contributed by atoms with Gasteiger partial charge in [0.2, 0.25) is 5.95 Å². The van der Waals surface area contributed by atoms with Crippen molar-refractivity contribution < 1.29 is 0 Å². The first-order valence-corrected chi connectivity index (χ1v) is 12.7. The van der Waals surface area contributed by atoms with Gasteiger partial charge in [0.15, 0.2) is 0 Å². The molecule has 4 heterocycles. The number of hydrogen-bond donors (Lipinski definition) is 0. The highest BCUT2D eigenvalue weighted by atomic mass is 16.1. The highest BCUT2D eigenvalue weighted by molar-refractivity contribution is 5.59. The number of nitrogens with zero attached hydrogens (tertiary/aromatic N) is 6. The molecule has 184 valence electrons. The van der Waals surface area contributed by atoms with Gasteiger partial charge in [0.25, 0.3) is 5.56 Å². The summed E-state index contributed by atoms with van der Waals surface area (Å²) in [6.45, 7) is 5.13. The van der Waals surface area contributed by atoms with Gasteiger partial charge in [0.05, 0.1) is 5.69 Å². The molecule has 2 aliphatic heterocycles. The zero-order valence-corrected chi connectivity index (χ0v) is 21.1. The minimum Gasteiger partial charge on any atom is -0.342 e. The molecule has 0 bridgehead atoms. The Morgan fingerprint density at radius 1 is 1.00 bits per heavy atom. The van der Waals surface area contributed by atoms with Gasteiger partial charge in [-0.15, -0.1) is 0 Å². The average Bonchev–Trinajstić information content (AvgIpc) is 3.35. The van der Waals surface area contributed by atoms with E-state index in [1.807, 2.05) is 19.2 Å². The van der Waals surface area contributed by atoms with Crippen LogP contribution >= 0.6 is 0 Å². The molecule has 0 amide bonds. The fraction of sp³-hybridized carbons (Fsp3) is 0.464. The van der Waals surface area contributed by atoms with E-state index in [0.29, 0.717) is 17.7 Å². The fourth-order valence-corrected chi connectivity index (χ4v) is 5.44. The zero-order valence-electron chi connectivity index (χ0n) is 21.1. The lowest BCUT2D eigenvalue weighted by Crippen LogP contribution is -2.38. The predicted molar refractivity (Wildman–Crippen MR) is 141 cm³/mol. The molecule has 1 aromatic carbocycles. The van der Waals surface area contributed by atoms with Gasteiger partial charge in [-0.1, -0.05) is 24.3 Å². The summed E-state index contributed by atoms with van der Waals surface area (Å²) in [5.41, 5.74) is 4.34. The molecular weight excluding hydrogens is 436 g/mol. The van der Waals surface area contributed by atoms with Crippen molar-refractivity contribution >= 4 is 5.95 Å². The van der Waals surface area contributed by atoms with E-state index in [-0.39, 0.29) is 5.56 Å². The number of anilines is 1. The molecule has 1 unspecified atom stereocenters. The first-order chi connectivity index (χ1) is 17.0. The molecule has 2 fully saturated rings. The largest absolute Gasteiger partial charge is 0.342 e. The summed E-state index contributed by atoms with van der Waals surface area (Å²) in [5, 5.41) is 0. The zero-order chi connectivity index (χ0) is 24.4. The highest BCUT2D eigenvalue weighted by Crippen LogP contribution is 2.30. The second-order valence-corrected chi connectivity index (χ2v) is 10.2. The maximum absolute atomic E-state index is 12.7. The number of likely N-dealkylation sites (N-methyl/N-ethyl adjacent to an activating group) is 1. The summed E-state index contributed by atoms with van der Waals surface area (Å²) in [6, 6.07) is 15.3. The van der Waals surface area contributed by atoms with E-state index in [2.05, 4.69) is 58.0 Å². The van der Waals surface area contributed by atoms with Gasteiger partial charge in [-0.05, 0) is 56.6 Å². The number of benzene rings is 1. The third-order valence-corrected chi connectivity index (χ3v) is 7.63. The number of pyridine rings is 1. The number of hydrogen-bond acceptors (Lipinski definition) is 6. The number of likely N-dealkylation sites (tertiary alicyclic amines) is 1. The number of aromatic nitrogens is 3. The van der Waals surface area contributed by atoms with Crippen molar-refractivity contribution in [2.24, 2.45) is 7.05 Å². The van der Waals surface area contributed by atoms with E-state index in [1.54, 1.807) is 23.0 Å². The molecule has 0 spiro atoms. The molecule has 0 N–H and O–H groups in total. The number of piperidine rings is 1. The van der Waals surface area contributed by atoms with Crippen molar-refractivity contribution in [1.29, 1.82) is 0 Å². The van der Waals surface area contributed by atoms with Gasteiger partial charge in [0, 0.05) is 75.8 Å². The van der Waals surface area contributed by atoms with Crippen molar-refractivity contribution in [1.82, 2.24) is 24.3 Å². The molecular formula is C28H36N6O. The van der Waals surface area contributed by atoms with E-state index < -0.39 is 0 Å². The maximum atomic E-state index is 12.7. The monoisotopic (exact) mass is 472 g/mol. The third-order valence-electron chi connectivity index (χ3n) is 7.63. The molecule has 2 atom stereocenters. The quantitative estimate of drug-likeness (QED) is 0.548. The summed E-state index contributed by atoms with van der Waals surface area (Å²) in [5.74, 6) is 1.18. The Bertz CT molecular complexity index is 1190. The lowest BCUT2D eigenvalue weighted by Gasteiger charge is -2.34. The summed E-state index contributed by atoms with van der Waals surface area (Å²) < 4.78 is 1.67. The lowest BCUT2D eigenvalue weighted by atomic mass is 9.90. The average molecular weight is 473 g/mol. The van der Waals surface area contributed by atoms with Crippen molar-refractivity contribution in [3.05, 3.63) is 76.3 Å². The van der Waals surface area contributed by atoms with E-state index in [4.69, 9.17) is 4.98 Å². The molecule has 5 rings (SSSR count). The third kappa shape index (κ3) is 5.31. The van der Waals surface area contributed by atoms with Crippen LogP contribution in [0.3, 0.4) is 0 Å². The summed E-state index contributed by atoms with van der Waals surface area (Å²) in [4.78, 5) is 28.9. The van der Waals surface area contributed by atoms with Crippen LogP contribution in [0.15, 0.2) is 59.7 Å². The topological polar surface area (TPSA) is 57.5 Å². The first kappa shape index (κ1) is 23.7. The molecule has 2 aromatic heterocycles. The summed E-state index contributed by atoms with van der Waals surface area (Å²) in [6.07, 6.45) is 6.96. The van der Waals surface area contributed by atoms with Crippen LogP contribution in [0, 0.1) is 0 Å². The van der Waals surface area contributed by atoms with E-state index in [0.717, 1.165) is 50.5 Å². The Morgan fingerprint density at radius 3 is 2.49 bits per heavy atom.